The third-order valence-corrected chi connectivity index (χ3v) is 5.30. The molecule has 6 heteroatoms. The number of benzene rings is 2. The molecule has 1 amide bonds. The molecule has 0 aliphatic heterocycles. The van der Waals surface area contributed by atoms with Crippen LogP contribution in [0.4, 0.5) is 5.69 Å². The summed E-state index contributed by atoms with van der Waals surface area (Å²) < 4.78 is 22.3. The zero-order chi connectivity index (χ0) is 20.4. The van der Waals surface area contributed by atoms with E-state index >= 15 is 0 Å². The van der Waals surface area contributed by atoms with Gasteiger partial charge in [0, 0.05) is 29.1 Å². The first-order chi connectivity index (χ1) is 14.1. The lowest BCUT2D eigenvalue weighted by Gasteiger charge is -2.14. The molecule has 1 heterocycles. The lowest BCUT2D eigenvalue weighted by molar-refractivity contribution is -0.118. The van der Waals surface area contributed by atoms with Crippen molar-refractivity contribution in [3.63, 3.8) is 0 Å². The molecule has 3 aromatic rings. The lowest BCUT2D eigenvalue weighted by atomic mass is 9.96. The van der Waals surface area contributed by atoms with E-state index in [0.717, 1.165) is 35.1 Å². The van der Waals surface area contributed by atoms with Gasteiger partial charge in [-0.3, -0.25) is 4.79 Å². The molecular weight excluding hydrogens is 370 g/mol. The zero-order valence-electron chi connectivity index (χ0n) is 17.0. The van der Waals surface area contributed by atoms with Crippen LogP contribution in [-0.4, -0.2) is 26.7 Å². The number of anilines is 1. The minimum Gasteiger partial charge on any atom is -0.493 e. The van der Waals surface area contributed by atoms with Gasteiger partial charge in [0.1, 0.15) is 17.1 Å². The van der Waals surface area contributed by atoms with Crippen molar-refractivity contribution < 1.29 is 23.4 Å². The Bertz CT molecular complexity index is 1050. The van der Waals surface area contributed by atoms with Crippen LogP contribution in [0.5, 0.6) is 17.2 Å². The standard InChI is InChI=1S/C23H25NO5/c1-14-10-21(26-2)22(27-3)12-18(14)24-23(25)13-28-15-8-9-20-17(11-15)16-6-4-5-7-19(16)29-20/h8-12H,4-7,13H2,1-3H3,(H,24,25). The fourth-order valence-electron chi connectivity index (χ4n) is 3.78. The Hall–Kier alpha value is -3.15. The summed E-state index contributed by atoms with van der Waals surface area (Å²) in [7, 11) is 3.14. The maximum absolute atomic E-state index is 12.4. The molecule has 1 aliphatic rings. The Labute approximate surface area is 169 Å². The first-order valence-corrected chi connectivity index (χ1v) is 9.78. The van der Waals surface area contributed by atoms with Crippen molar-refractivity contribution in [3.05, 3.63) is 47.2 Å². The lowest BCUT2D eigenvalue weighted by Crippen LogP contribution is -2.20. The number of rotatable bonds is 6. The Morgan fingerprint density at radius 2 is 1.83 bits per heavy atom. The number of carbonyl (C=O) groups is 1. The van der Waals surface area contributed by atoms with Crippen LogP contribution in [0.3, 0.4) is 0 Å². The molecule has 4 rings (SSSR count). The second kappa shape index (κ2) is 8.07. The largest absolute Gasteiger partial charge is 0.493 e. The van der Waals surface area contributed by atoms with Gasteiger partial charge in [-0.05, 0) is 56.0 Å². The van der Waals surface area contributed by atoms with Crippen LogP contribution in [0.15, 0.2) is 34.7 Å². The average Bonchev–Trinajstić information content (AvgIpc) is 3.11. The average molecular weight is 395 g/mol. The molecule has 2 aromatic carbocycles. The van der Waals surface area contributed by atoms with E-state index in [1.54, 1.807) is 20.3 Å². The van der Waals surface area contributed by atoms with Crippen LogP contribution < -0.4 is 19.5 Å². The Morgan fingerprint density at radius 1 is 1.07 bits per heavy atom. The van der Waals surface area contributed by atoms with Gasteiger partial charge in [-0.2, -0.15) is 0 Å². The number of hydrogen-bond donors (Lipinski definition) is 1. The van der Waals surface area contributed by atoms with E-state index in [9.17, 15) is 4.79 Å². The van der Waals surface area contributed by atoms with Gasteiger partial charge in [0.25, 0.3) is 5.91 Å². The van der Waals surface area contributed by atoms with Crippen molar-refractivity contribution in [2.24, 2.45) is 0 Å². The van der Waals surface area contributed by atoms with Gasteiger partial charge in [-0.15, -0.1) is 0 Å². The van der Waals surface area contributed by atoms with Gasteiger partial charge in [0.2, 0.25) is 0 Å². The minimum atomic E-state index is -0.241. The molecule has 0 unspecified atom stereocenters. The molecule has 1 aliphatic carbocycles. The molecule has 1 aromatic heterocycles. The maximum atomic E-state index is 12.4. The van der Waals surface area contributed by atoms with Gasteiger partial charge < -0.3 is 23.9 Å². The van der Waals surface area contributed by atoms with Crippen molar-refractivity contribution in [2.45, 2.75) is 32.6 Å². The highest BCUT2D eigenvalue weighted by atomic mass is 16.5. The van der Waals surface area contributed by atoms with Gasteiger partial charge >= 0.3 is 0 Å². The van der Waals surface area contributed by atoms with Gasteiger partial charge in [0.05, 0.1) is 14.2 Å². The van der Waals surface area contributed by atoms with E-state index in [-0.39, 0.29) is 12.5 Å². The van der Waals surface area contributed by atoms with Gasteiger partial charge in [-0.1, -0.05) is 0 Å². The number of methoxy groups -OCH3 is 2. The number of carbonyl (C=O) groups excluding carboxylic acids is 1. The monoisotopic (exact) mass is 395 g/mol. The van der Waals surface area contributed by atoms with Gasteiger partial charge in [0.15, 0.2) is 18.1 Å². The van der Waals surface area contributed by atoms with Crippen molar-refractivity contribution in [2.75, 3.05) is 26.1 Å². The van der Waals surface area contributed by atoms with Crippen molar-refractivity contribution in [3.8, 4) is 17.2 Å². The molecule has 1 N–H and O–H groups in total. The molecular formula is C23H25NO5. The number of nitrogens with one attached hydrogen (secondary N) is 1. The van der Waals surface area contributed by atoms with Crippen LogP contribution in [0, 0.1) is 6.92 Å². The second-order valence-electron chi connectivity index (χ2n) is 7.23. The third kappa shape index (κ3) is 3.88. The summed E-state index contributed by atoms with van der Waals surface area (Å²) in [5, 5.41) is 3.96. The third-order valence-electron chi connectivity index (χ3n) is 5.30. The number of hydrogen-bond acceptors (Lipinski definition) is 5. The Balaban J connectivity index is 1.45. The highest BCUT2D eigenvalue weighted by Gasteiger charge is 2.18. The molecule has 0 saturated heterocycles. The van der Waals surface area contributed by atoms with E-state index in [4.69, 9.17) is 18.6 Å². The van der Waals surface area contributed by atoms with E-state index in [2.05, 4.69) is 5.32 Å². The summed E-state index contributed by atoms with van der Waals surface area (Å²) in [5.74, 6) is 2.69. The molecule has 0 bridgehead atoms. The van der Waals surface area contributed by atoms with Crippen molar-refractivity contribution in [1.29, 1.82) is 0 Å². The van der Waals surface area contributed by atoms with E-state index in [0.29, 0.717) is 22.9 Å². The molecule has 0 atom stereocenters. The van der Waals surface area contributed by atoms with E-state index in [1.807, 2.05) is 31.2 Å². The van der Waals surface area contributed by atoms with E-state index < -0.39 is 0 Å². The van der Waals surface area contributed by atoms with Crippen LogP contribution in [0.2, 0.25) is 0 Å². The number of amides is 1. The van der Waals surface area contributed by atoms with Crippen molar-refractivity contribution in [1.82, 2.24) is 0 Å². The van der Waals surface area contributed by atoms with Crippen LogP contribution in [0.1, 0.15) is 29.7 Å². The van der Waals surface area contributed by atoms with E-state index in [1.165, 1.54) is 18.4 Å². The van der Waals surface area contributed by atoms with Crippen LogP contribution in [-0.2, 0) is 17.6 Å². The molecule has 0 radical (unpaired) electrons. The van der Waals surface area contributed by atoms with Crippen LogP contribution in [0.25, 0.3) is 11.0 Å². The molecule has 29 heavy (non-hydrogen) atoms. The summed E-state index contributed by atoms with van der Waals surface area (Å²) >= 11 is 0. The maximum Gasteiger partial charge on any atom is 0.262 e. The SMILES string of the molecule is COc1cc(C)c(NC(=O)COc2ccc3oc4c(c3c2)CCCC4)cc1OC. The summed E-state index contributed by atoms with van der Waals surface area (Å²) in [5.41, 5.74) is 3.70. The number of aryl methyl sites for hydroxylation is 3. The fourth-order valence-corrected chi connectivity index (χ4v) is 3.78. The Morgan fingerprint density at radius 3 is 2.62 bits per heavy atom. The molecule has 0 spiro atoms. The normalized spacial score (nSPS) is 13.1. The number of fused-ring (bicyclic) bond motifs is 3. The topological polar surface area (TPSA) is 69.9 Å². The second-order valence-corrected chi connectivity index (χ2v) is 7.23. The quantitative estimate of drug-likeness (QED) is 0.658. The molecule has 152 valence electrons. The number of furan rings is 1. The Kier molecular flexibility index (Phi) is 5.34. The predicted octanol–water partition coefficient (Wildman–Crippen LogP) is 4.65. The summed E-state index contributed by atoms with van der Waals surface area (Å²) in [6.45, 7) is 1.81. The summed E-state index contributed by atoms with van der Waals surface area (Å²) in [6, 6.07) is 9.30. The summed E-state index contributed by atoms with van der Waals surface area (Å²) in [4.78, 5) is 12.4. The number of ether oxygens (including phenoxy) is 3. The highest BCUT2D eigenvalue weighted by Crippen LogP contribution is 2.34. The minimum absolute atomic E-state index is 0.0840. The molecule has 0 fully saturated rings. The fraction of sp³-hybridized carbons (Fsp3) is 0.348. The first kappa shape index (κ1) is 19.2. The zero-order valence-corrected chi connectivity index (χ0v) is 17.0. The van der Waals surface area contributed by atoms with Crippen LogP contribution >= 0.6 is 0 Å². The van der Waals surface area contributed by atoms with Gasteiger partial charge in [-0.25, -0.2) is 0 Å². The molecule has 0 saturated carbocycles. The smallest absolute Gasteiger partial charge is 0.262 e. The summed E-state index contributed by atoms with van der Waals surface area (Å²) in [6.07, 6.45) is 4.38. The first-order valence-electron chi connectivity index (χ1n) is 9.78. The molecule has 6 nitrogen and oxygen atoms in total. The predicted molar refractivity (Wildman–Crippen MR) is 111 cm³/mol. The highest BCUT2D eigenvalue weighted by molar-refractivity contribution is 5.93. The van der Waals surface area contributed by atoms with Crippen molar-refractivity contribution >= 4 is 22.6 Å².